The maximum atomic E-state index is 13.1. The molecule has 0 aliphatic carbocycles. The van der Waals surface area contributed by atoms with Crippen LogP contribution in [0.2, 0.25) is 0 Å². The number of amides is 2. The summed E-state index contributed by atoms with van der Waals surface area (Å²) in [5, 5.41) is 3.77. The topological polar surface area (TPSA) is 88.8 Å². The van der Waals surface area contributed by atoms with Gasteiger partial charge in [-0.05, 0) is 19.4 Å². The maximum absolute atomic E-state index is 13.1. The van der Waals surface area contributed by atoms with E-state index in [4.69, 9.17) is 9.26 Å². The van der Waals surface area contributed by atoms with Gasteiger partial charge < -0.3 is 19.1 Å². The summed E-state index contributed by atoms with van der Waals surface area (Å²) < 4.78 is 10.4. The second kappa shape index (κ2) is 8.77. The zero-order valence-electron chi connectivity index (χ0n) is 15.6. The molecule has 1 aromatic heterocycles. The van der Waals surface area contributed by atoms with Crippen molar-refractivity contribution in [3.8, 4) is 0 Å². The molecule has 8 heteroatoms. The minimum absolute atomic E-state index is 0.0399. The Morgan fingerprint density at radius 2 is 2.07 bits per heavy atom. The number of hydrogen-bond acceptors (Lipinski definition) is 6. The predicted molar refractivity (Wildman–Crippen MR) is 96.6 cm³/mol. The Labute approximate surface area is 158 Å². The summed E-state index contributed by atoms with van der Waals surface area (Å²) in [5.74, 6) is 0.528. The minimum Gasteiger partial charge on any atom is -0.372 e. The van der Waals surface area contributed by atoms with Crippen molar-refractivity contribution in [2.24, 2.45) is 0 Å². The summed E-state index contributed by atoms with van der Waals surface area (Å²) >= 11 is 0. The standard InChI is InChI=1S/C19H24N4O4/c1-3-26-13-18(24)23-10-9-22(12-15-7-5-4-6-8-15)19(25)16(23)11-17-20-14(2)21-27-17/h4-8,16H,3,9-13H2,1-2H3. The van der Waals surface area contributed by atoms with Crippen LogP contribution in [0.3, 0.4) is 0 Å². The lowest BCUT2D eigenvalue weighted by Crippen LogP contribution is -2.59. The molecule has 1 atom stereocenters. The van der Waals surface area contributed by atoms with Gasteiger partial charge in [-0.15, -0.1) is 0 Å². The van der Waals surface area contributed by atoms with E-state index in [0.717, 1.165) is 5.56 Å². The van der Waals surface area contributed by atoms with Gasteiger partial charge >= 0.3 is 0 Å². The van der Waals surface area contributed by atoms with Crippen molar-refractivity contribution in [3.05, 3.63) is 47.6 Å². The van der Waals surface area contributed by atoms with Crippen LogP contribution in [0, 0.1) is 6.92 Å². The van der Waals surface area contributed by atoms with Crippen molar-refractivity contribution in [1.82, 2.24) is 19.9 Å². The van der Waals surface area contributed by atoms with Crippen molar-refractivity contribution in [2.45, 2.75) is 32.9 Å². The molecule has 0 N–H and O–H groups in total. The van der Waals surface area contributed by atoms with Gasteiger partial charge in [0.1, 0.15) is 12.6 Å². The number of rotatable bonds is 7. The van der Waals surface area contributed by atoms with Crippen LogP contribution in [0.25, 0.3) is 0 Å². The molecule has 1 aromatic carbocycles. The quantitative estimate of drug-likeness (QED) is 0.726. The molecule has 1 aliphatic heterocycles. The minimum atomic E-state index is -0.671. The molecule has 0 spiro atoms. The van der Waals surface area contributed by atoms with Crippen LogP contribution in [-0.4, -0.2) is 64.1 Å². The number of ether oxygens (including phenoxy) is 1. The zero-order valence-corrected chi connectivity index (χ0v) is 15.6. The smallest absolute Gasteiger partial charge is 0.249 e. The van der Waals surface area contributed by atoms with Crippen LogP contribution in [0.4, 0.5) is 0 Å². The molecule has 0 bridgehead atoms. The number of carbonyl (C=O) groups is 2. The van der Waals surface area contributed by atoms with Crippen molar-refractivity contribution >= 4 is 11.8 Å². The highest BCUT2D eigenvalue weighted by Crippen LogP contribution is 2.18. The van der Waals surface area contributed by atoms with Crippen LogP contribution < -0.4 is 0 Å². The molecule has 1 aliphatic rings. The van der Waals surface area contributed by atoms with Gasteiger partial charge in [0, 0.05) is 26.2 Å². The number of benzene rings is 1. The number of aromatic nitrogens is 2. The van der Waals surface area contributed by atoms with E-state index in [1.54, 1.807) is 16.7 Å². The normalized spacial score (nSPS) is 17.4. The summed E-state index contributed by atoms with van der Waals surface area (Å²) in [6.07, 6.45) is 0.197. The molecule has 0 radical (unpaired) electrons. The molecule has 1 fully saturated rings. The summed E-state index contributed by atoms with van der Waals surface area (Å²) in [5.41, 5.74) is 1.05. The van der Waals surface area contributed by atoms with E-state index >= 15 is 0 Å². The second-order valence-corrected chi connectivity index (χ2v) is 6.42. The fourth-order valence-corrected chi connectivity index (χ4v) is 3.16. The van der Waals surface area contributed by atoms with E-state index in [9.17, 15) is 9.59 Å². The molecule has 2 aromatic rings. The monoisotopic (exact) mass is 372 g/mol. The van der Waals surface area contributed by atoms with Crippen LogP contribution in [0.1, 0.15) is 24.2 Å². The third-order valence-electron chi connectivity index (χ3n) is 4.49. The second-order valence-electron chi connectivity index (χ2n) is 6.42. The van der Waals surface area contributed by atoms with Gasteiger partial charge in [-0.2, -0.15) is 4.98 Å². The molecule has 27 heavy (non-hydrogen) atoms. The lowest BCUT2D eigenvalue weighted by atomic mass is 10.1. The summed E-state index contributed by atoms with van der Waals surface area (Å²) in [4.78, 5) is 33.2. The number of carbonyl (C=O) groups excluding carboxylic acids is 2. The summed E-state index contributed by atoms with van der Waals surface area (Å²) in [6, 6.07) is 9.12. The molecule has 2 heterocycles. The van der Waals surface area contributed by atoms with E-state index < -0.39 is 6.04 Å². The fourth-order valence-electron chi connectivity index (χ4n) is 3.16. The fraction of sp³-hybridized carbons (Fsp3) is 0.474. The number of hydrogen-bond donors (Lipinski definition) is 0. The third kappa shape index (κ3) is 4.71. The first-order valence-electron chi connectivity index (χ1n) is 9.07. The Bertz CT molecular complexity index is 777. The first-order chi connectivity index (χ1) is 13.1. The molecule has 0 saturated carbocycles. The van der Waals surface area contributed by atoms with Crippen LogP contribution in [0.15, 0.2) is 34.9 Å². The first-order valence-corrected chi connectivity index (χ1v) is 9.07. The van der Waals surface area contributed by atoms with Crippen molar-refractivity contribution in [2.75, 3.05) is 26.3 Å². The van der Waals surface area contributed by atoms with Crippen LogP contribution in [-0.2, 0) is 27.3 Å². The van der Waals surface area contributed by atoms with Crippen molar-refractivity contribution in [1.29, 1.82) is 0 Å². The molecule has 3 rings (SSSR count). The molecule has 144 valence electrons. The zero-order chi connectivity index (χ0) is 19.2. The highest BCUT2D eigenvalue weighted by Gasteiger charge is 2.38. The van der Waals surface area contributed by atoms with Gasteiger partial charge in [0.15, 0.2) is 5.82 Å². The highest BCUT2D eigenvalue weighted by atomic mass is 16.5. The van der Waals surface area contributed by atoms with E-state index in [1.807, 2.05) is 37.3 Å². The summed E-state index contributed by atoms with van der Waals surface area (Å²) in [6.45, 7) is 5.38. The molecule has 1 saturated heterocycles. The molecular formula is C19H24N4O4. The Morgan fingerprint density at radius 3 is 2.74 bits per heavy atom. The van der Waals surface area contributed by atoms with Crippen molar-refractivity contribution in [3.63, 3.8) is 0 Å². The average Bonchev–Trinajstić information content (AvgIpc) is 3.09. The van der Waals surface area contributed by atoms with E-state index in [0.29, 0.717) is 38.0 Å². The lowest BCUT2D eigenvalue weighted by molar-refractivity contribution is -0.154. The lowest BCUT2D eigenvalue weighted by Gasteiger charge is -2.40. The number of aryl methyl sites for hydroxylation is 1. The molecule has 8 nitrogen and oxygen atoms in total. The SMILES string of the molecule is CCOCC(=O)N1CCN(Cc2ccccc2)C(=O)C1Cc1nc(C)no1. The Kier molecular flexibility index (Phi) is 6.18. The molecule has 1 unspecified atom stereocenters. The van der Waals surface area contributed by atoms with Gasteiger partial charge in [-0.25, -0.2) is 0 Å². The van der Waals surface area contributed by atoms with Gasteiger partial charge in [-0.3, -0.25) is 9.59 Å². The Balaban J connectivity index is 1.77. The summed E-state index contributed by atoms with van der Waals surface area (Å²) in [7, 11) is 0. The Hall–Kier alpha value is -2.74. The van der Waals surface area contributed by atoms with Crippen molar-refractivity contribution < 1.29 is 18.8 Å². The largest absolute Gasteiger partial charge is 0.372 e. The van der Waals surface area contributed by atoms with E-state index in [2.05, 4.69) is 10.1 Å². The predicted octanol–water partition coefficient (Wildman–Crippen LogP) is 1.20. The van der Waals surface area contributed by atoms with Gasteiger partial charge in [0.2, 0.25) is 17.7 Å². The Morgan fingerprint density at radius 1 is 1.30 bits per heavy atom. The van der Waals surface area contributed by atoms with E-state index in [1.165, 1.54) is 0 Å². The molecule has 2 amide bonds. The maximum Gasteiger partial charge on any atom is 0.249 e. The first kappa shape index (κ1) is 19.0. The van der Waals surface area contributed by atoms with E-state index in [-0.39, 0.29) is 24.8 Å². The van der Waals surface area contributed by atoms with Gasteiger partial charge in [-0.1, -0.05) is 35.5 Å². The van der Waals surface area contributed by atoms with Crippen LogP contribution >= 0.6 is 0 Å². The number of nitrogens with zero attached hydrogens (tertiary/aromatic N) is 4. The average molecular weight is 372 g/mol. The third-order valence-corrected chi connectivity index (χ3v) is 4.49. The van der Waals surface area contributed by atoms with Gasteiger partial charge in [0.05, 0.1) is 6.42 Å². The van der Waals surface area contributed by atoms with Crippen LogP contribution in [0.5, 0.6) is 0 Å². The number of piperazine rings is 1. The highest BCUT2D eigenvalue weighted by molar-refractivity contribution is 5.89. The molecular weight excluding hydrogens is 348 g/mol. The van der Waals surface area contributed by atoms with Gasteiger partial charge in [0.25, 0.3) is 0 Å².